The van der Waals surface area contributed by atoms with E-state index in [1.54, 1.807) is 36.4 Å². The molecule has 0 spiro atoms. The average Bonchev–Trinajstić information content (AvgIpc) is 3.23. The van der Waals surface area contributed by atoms with E-state index in [1.165, 1.54) is 0 Å². The minimum atomic E-state index is -0.792. The van der Waals surface area contributed by atoms with E-state index >= 15 is 0 Å². The normalized spacial score (nSPS) is 11.8. The van der Waals surface area contributed by atoms with Crippen molar-refractivity contribution < 1.29 is 18.8 Å². The SMILES string of the molecule is Cc1cc(C(=O)N[C@@H](CC(C)C)C(N)=O)ccc1-c1cccc(COc2ccc(Cn3oc(=O)[nH]c3=O)cc2)c1. The molecule has 0 aliphatic rings. The summed E-state index contributed by atoms with van der Waals surface area (Å²) in [6.07, 6.45) is 0.478. The third-order valence-electron chi connectivity index (χ3n) is 6.37. The van der Waals surface area contributed by atoms with E-state index in [2.05, 4.69) is 5.32 Å². The molecule has 0 aliphatic carbocycles. The van der Waals surface area contributed by atoms with Crippen LogP contribution in [0.2, 0.25) is 0 Å². The summed E-state index contributed by atoms with van der Waals surface area (Å²) in [7, 11) is 0. The van der Waals surface area contributed by atoms with Crippen LogP contribution in [0.25, 0.3) is 11.1 Å². The quantitative estimate of drug-likeness (QED) is 0.264. The monoisotopic (exact) mass is 544 g/mol. The Bertz CT molecular complexity index is 1610. The smallest absolute Gasteiger partial charge is 0.440 e. The first-order chi connectivity index (χ1) is 19.1. The van der Waals surface area contributed by atoms with Gasteiger partial charge >= 0.3 is 11.4 Å². The van der Waals surface area contributed by atoms with Crippen LogP contribution in [0.15, 0.2) is 80.8 Å². The van der Waals surface area contributed by atoms with E-state index in [1.807, 2.05) is 56.1 Å². The van der Waals surface area contributed by atoms with Crippen molar-refractivity contribution in [2.24, 2.45) is 11.7 Å². The van der Waals surface area contributed by atoms with Crippen LogP contribution in [-0.2, 0) is 17.9 Å². The maximum Gasteiger partial charge on any atom is 0.440 e. The van der Waals surface area contributed by atoms with Gasteiger partial charge < -0.3 is 20.3 Å². The van der Waals surface area contributed by atoms with Gasteiger partial charge in [0, 0.05) is 5.56 Å². The number of primary amides is 1. The number of rotatable bonds is 11. The fraction of sp³-hybridized carbons (Fsp3) is 0.267. The lowest BCUT2D eigenvalue weighted by atomic mass is 9.96. The molecular weight excluding hydrogens is 512 g/mol. The molecule has 10 heteroatoms. The van der Waals surface area contributed by atoms with E-state index in [9.17, 15) is 19.2 Å². The maximum atomic E-state index is 12.8. The van der Waals surface area contributed by atoms with Crippen LogP contribution < -0.4 is 27.2 Å². The number of aryl methyl sites for hydroxylation is 1. The first-order valence-corrected chi connectivity index (χ1v) is 12.9. The zero-order valence-corrected chi connectivity index (χ0v) is 22.6. The number of nitrogens with zero attached hydrogens (tertiary/aromatic N) is 1. The van der Waals surface area contributed by atoms with Crippen molar-refractivity contribution in [3.63, 3.8) is 0 Å². The molecule has 0 radical (unpaired) electrons. The topological polar surface area (TPSA) is 149 Å². The predicted octanol–water partition coefficient (Wildman–Crippen LogP) is 3.36. The van der Waals surface area contributed by atoms with Gasteiger partial charge in [0.15, 0.2) is 0 Å². The fourth-order valence-corrected chi connectivity index (χ4v) is 4.36. The van der Waals surface area contributed by atoms with Gasteiger partial charge in [0.05, 0.1) is 6.54 Å². The molecule has 1 atom stereocenters. The van der Waals surface area contributed by atoms with Crippen LogP contribution >= 0.6 is 0 Å². The summed E-state index contributed by atoms with van der Waals surface area (Å²) in [5.41, 5.74) is 9.93. The van der Waals surface area contributed by atoms with Crippen molar-refractivity contribution in [1.29, 1.82) is 0 Å². The molecule has 0 saturated carbocycles. The van der Waals surface area contributed by atoms with E-state index in [-0.39, 0.29) is 18.4 Å². The van der Waals surface area contributed by atoms with E-state index in [0.717, 1.165) is 32.6 Å². The largest absolute Gasteiger partial charge is 0.489 e. The Morgan fingerprint density at radius 2 is 1.77 bits per heavy atom. The lowest BCUT2D eigenvalue weighted by Crippen LogP contribution is -2.45. The molecule has 4 N–H and O–H groups in total. The summed E-state index contributed by atoms with van der Waals surface area (Å²) in [4.78, 5) is 49.3. The van der Waals surface area contributed by atoms with Crippen molar-refractivity contribution in [2.75, 3.05) is 0 Å². The summed E-state index contributed by atoms with van der Waals surface area (Å²) in [5, 5.41) is 2.75. The molecule has 0 unspecified atom stereocenters. The van der Waals surface area contributed by atoms with E-state index < -0.39 is 23.4 Å². The molecule has 0 bridgehead atoms. The highest BCUT2D eigenvalue weighted by atomic mass is 16.5. The van der Waals surface area contributed by atoms with Crippen LogP contribution in [0.5, 0.6) is 5.75 Å². The number of amides is 2. The van der Waals surface area contributed by atoms with Gasteiger partial charge in [-0.3, -0.25) is 9.59 Å². The van der Waals surface area contributed by atoms with Gasteiger partial charge in [-0.25, -0.2) is 14.6 Å². The molecule has 0 aliphatic heterocycles. The summed E-state index contributed by atoms with van der Waals surface area (Å²) in [5.74, 6) is -0.814. The molecule has 4 rings (SSSR count). The van der Waals surface area contributed by atoms with Crippen molar-refractivity contribution in [3.8, 4) is 16.9 Å². The van der Waals surface area contributed by atoms with Crippen molar-refractivity contribution in [1.82, 2.24) is 15.0 Å². The molecule has 2 amide bonds. The lowest BCUT2D eigenvalue weighted by Gasteiger charge is -2.18. The van der Waals surface area contributed by atoms with Gasteiger partial charge in [0.25, 0.3) is 5.91 Å². The highest BCUT2D eigenvalue weighted by Gasteiger charge is 2.20. The number of nitrogens with two attached hydrogens (primary N) is 1. The predicted molar refractivity (Wildman–Crippen MR) is 150 cm³/mol. The first kappa shape index (κ1) is 28.2. The van der Waals surface area contributed by atoms with Gasteiger partial charge in [0.2, 0.25) is 5.91 Å². The number of aromatic nitrogens is 2. The number of H-pyrrole nitrogens is 1. The number of carbonyl (C=O) groups excluding carboxylic acids is 2. The molecule has 0 saturated heterocycles. The highest BCUT2D eigenvalue weighted by Crippen LogP contribution is 2.26. The number of hydrogen-bond acceptors (Lipinski definition) is 6. The molecule has 40 heavy (non-hydrogen) atoms. The van der Waals surface area contributed by atoms with Crippen LogP contribution in [0.3, 0.4) is 0 Å². The van der Waals surface area contributed by atoms with Crippen LogP contribution in [0, 0.1) is 12.8 Å². The van der Waals surface area contributed by atoms with Gasteiger partial charge in [-0.1, -0.05) is 50.2 Å². The molecule has 4 aromatic rings. The van der Waals surface area contributed by atoms with E-state index in [4.69, 9.17) is 15.0 Å². The molecule has 1 heterocycles. The van der Waals surface area contributed by atoms with Gasteiger partial charge in [0.1, 0.15) is 18.4 Å². The molecule has 0 fully saturated rings. The fourth-order valence-electron chi connectivity index (χ4n) is 4.36. The molecule has 1 aromatic heterocycles. The van der Waals surface area contributed by atoms with Gasteiger partial charge in [-0.05, 0) is 77.4 Å². The Labute approximate surface area is 230 Å². The standard InChI is InChI=1S/C30H32N4O6/c1-18(2)13-26(27(31)35)32-28(36)23-9-12-25(19(3)14-23)22-6-4-5-21(15-22)17-39-24-10-7-20(8-11-24)16-34-29(37)33-30(38)40-34/h4-12,14-15,18,26H,13,16-17H2,1-3H3,(H2,31,35)(H,32,36)(H,33,37,38)/t26-/m0/s1. The van der Waals surface area contributed by atoms with Crippen LogP contribution in [0.4, 0.5) is 0 Å². The third-order valence-corrected chi connectivity index (χ3v) is 6.37. The zero-order chi connectivity index (χ0) is 28.8. The first-order valence-electron chi connectivity index (χ1n) is 12.9. The van der Waals surface area contributed by atoms with Crippen LogP contribution in [-0.4, -0.2) is 27.6 Å². The number of ether oxygens (including phenoxy) is 1. The average molecular weight is 545 g/mol. The second-order valence-electron chi connectivity index (χ2n) is 10.1. The second-order valence-corrected chi connectivity index (χ2v) is 10.1. The van der Waals surface area contributed by atoms with Crippen molar-refractivity contribution >= 4 is 11.8 Å². The summed E-state index contributed by atoms with van der Waals surface area (Å²) in [6.45, 7) is 6.33. The Hall–Kier alpha value is -4.86. The Kier molecular flexibility index (Phi) is 8.68. The Morgan fingerprint density at radius 1 is 1.02 bits per heavy atom. The molecule has 208 valence electrons. The number of nitrogens with one attached hydrogen (secondary N) is 2. The maximum absolute atomic E-state index is 12.8. The summed E-state index contributed by atoms with van der Waals surface area (Å²) >= 11 is 0. The lowest BCUT2D eigenvalue weighted by molar-refractivity contribution is -0.120. The highest BCUT2D eigenvalue weighted by molar-refractivity contribution is 5.98. The minimum Gasteiger partial charge on any atom is -0.489 e. The Balaban J connectivity index is 1.40. The summed E-state index contributed by atoms with van der Waals surface area (Å²) < 4.78 is 11.7. The number of aromatic amines is 1. The second kappa shape index (κ2) is 12.3. The zero-order valence-electron chi connectivity index (χ0n) is 22.6. The third kappa shape index (κ3) is 7.16. The number of benzene rings is 3. The van der Waals surface area contributed by atoms with Crippen LogP contribution in [0.1, 0.15) is 47.3 Å². The minimum absolute atomic E-state index is 0.128. The van der Waals surface area contributed by atoms with Gasteiger partial charge in [-0.2, -0.15) is 0 Å². The van der Waals surface area contributed by atoms with Crippen molar-refractivity contribution in [3.05, 3.63) is 110 Å². The van der Waals surface area contributed by atoms with E-state index in [0.29, 0.717) is 24.3 Å². The molecular formula is C30H32N4O6. The number of carbonyl (C=O) groups is 2. The van der Waals surface area contributed by atoms with Gasteiger partial charge in [-0.15, -0.1) is 4.74 Å². The Morgan fingerprint density at radius 3 is 2.40 bits per heavy atom. The van der Waals surface area contributed by atoms with Crippen molar-refractivity contribution in [2.45, 2.75) is 46.4 Å². The molecule has 10 nitrogen and oxygen atoms in total. The number of hydrogen-bond donors (Lipinski definition) is 3. The summed E-state index contributed by atoms with van der Waals surface area (Å²) in [6, 6.07) is 19.8. The molecule has 3 aromatic carbocycles.